The molecule has 2 rings (SSSR count). The van der Waals surface area contributed by atoms with Crippen LogP contribution in [0.2, 0.25) is 0 Å². The molecule has 2 aromatic carbocycles. The maximum absolute atomic E-state index is 8.87. The summed E-state index contributed by atoms with van der Waals surface area (Å²) >= 11 is 3.38. The highest BCUT2D eigenvalue weighted by Crippen LogP contribution is 2.33. The van der Waals surface area contributed by atoms with E-state index in [0.29, 0.717) is 22.7 Å². The zero-order chi connectivity index (χ0) is 12.3. The number of benzene rings is 2. The van der Waals surface area contributed by atoms with E-state index in [1.807, 2.05) is 30.3 Å². The number of nitrogens with two attached hydrogens (primary N) is 1. The average molecular weight is 289 g/mol. The summed E-state index contributed by atoms with van der Waals surface area (Å²) in [4.78, 5) is 0. The molecule has 0 radical (unpaired) electrons. The Balaban J connectivity index is 2.38. The number of nitrogens with zero attached hydrogens (tertiary/aromatic N) is 1. The summed E-state index contributed by atoms with van der Waals surface area (Å²) in [6, 6.07) is 14.6. The molecule has 0 saturated carbocycles. The Morgan fingerprint density at radius 1 is 1.06 bits per heavy atom. The van der Waals surface area contributed by atoms with Crippen molar-refractivity contribution in [1.29, 1.82) is 5.26 Å². The van der Waals surface area contributed by atoms with Gasteiger partial charge in [0.05, 0.1) is 15.7 Å². The lowest BCUT2D eigenvalue weighted by molar-refractivity contribution is 0.482. The van der Waals surface area contributed by atoms with Crippen LogP contribution in [0.25, 0.3) is 0 Å². The maximum Gasteiger partial charge on any atom is 0.151 e. The minimum atomic E-state index is 0.353. The van der Waals surface area contributed by atoms with Crippen LogP contribution in [-0.4, -0.2) is 0 Å². The van der Waals surface area contributed by atoms with Crippen LogP contribution in [0.4, 0.5) is 5.69 Å². The molecule has 0 saturated heterocycles. The summed E-state index contributed by atoms with van der Waals surface area (Å²) in [6.45, 7) is 0. The van der Waals surface area contributed by atoms with Gasteiger partial charge in [0, 0.05) is 0 Å². The van der Waals surface area contributed by atoms with Gasteiger partial charge in [0.2, 0.25) is 0 Å². The Kier molecular flexibility index (Phi) is 3.31. The van der Waals surface area contributed by atoms with E-state index >= 15 is 0 Å². The summed E-state index contributed by atoms with van der Waals surface area (Å²) in [5, 5.41) is 8.87. The Labute approximate surface area is 108 Å². The highest BCUT2D eigenvalue weighted by molar-refractivity contribution is 9.10. The van der Waals surface area contributed by atoms with Crippen molar-refractivity contribution in [3.63, 3.8) is 0 Å². The number of hydrogen-bond acceptors (Lipinski definition) is 3. The summed E-state index contributed by atoms with van der Waals surface area (Å²) < 4.78 is 6.49. The lowest BCUT2D eigenvalue weighted by atomic mass is 10.2. The molecular formula is C13H9BrN2O. The number of rotatable bonds is 2. The summed E-state index contributed by atoms with van der Waals surface area (Å²) in [6.07, 6.45) is 0. The molecule has 84 valence electrons. The van der Waals surface area contributed by atoms with Gasteiger partial charge in [0.25, 0.3) is 0 Å². The van der Waals surface area contributed by atoms with Gasteiger partial charge in [-0.05, 0) is 40.2 Å². The van der Waals surface area contributed by atoms with Crippen molar-refractivity contribution in [2.24, 2.45) is 0 Å². The molecule has 4 heteroatoms. The van der Waals surface area contributed by atoms with Crippen LogP contribution < -0.4 is 10.5 Å². The molecule has 2 N–H and O–H groups in total. The van der Waals surface area contributed by atoms with Gasteiger partial charge in [-0.1, -0.05) is 18.2 Å². The monoisotopic (exact) mass is 288 g/mol. The Morgan fingerprint density at radius 3 is 2.47 bits per heavy atom. The largest absolute Gasteiger partial charge is 0.454 e. The number of halogens is 1. The predicted octanol–water partition coefficient (Wildman–Crippen LogP) is 3.70. The third-order valence-electron chi connectivity index (χ3n) is 2.24. The number of anilines is 1. The smallest absolute Gasteiger partial charge is 0.151 e. The number of para-hydroxylation sites is 2. The zero-order valence-corrected chi connectivity index (χ0v) is 10.4. The number of ether oxygens (including phenoxy) is 1. The van der Waals surface area contributed by atoms with Gasteiger partial charge in [-0.2, -0.15) is 5.26 Å². The first-order valence-corrected chi connectivity index (χ1v) is 5.72. The van der Waals surface area contributed by atoms with Gasteiger partial charge in [-0.15, -0.1) is 0 Å². The quantitative estimate of drug-likeness (QED) is 0.858. The number of nitrogen functional groups attached to an aromatic ring is 1. The molecule has 0 spiro atoms. The van der Waals surface area contributed by atoms with Gasteiger partial charge in [-0.25, -0.2) is 0 Å². The van der Waals surface area contributed by atoms with Crippen molar-refractivity contribution in [2.75, 3.05) is 5.73 Å². The molecule has 0 aliphatic carbocycles. The van der Waals surface area contributed by atoms with E-state index in [4.69, 9.17) is 15.7 Å². The van der Waals surface area contributed by atoms with Crippen LogP contribution in [0, 0.1) is 11.3 Å². The molecule has 2 aromatic rings. The lowest BCUT2D eigenvalue weighted by Gasteiger charge is -2.10. The van der Waals surface area contributed by atoms with Crippen LogP contribution in [0.15, 0.2) is 46.9 Å². The fourth-order valence-electron chi connectivity index (χ4n) is 1.38. The van der Waals surface area contributed by atoms with Crippen molar-refractivity contribution >= 4 is 21.6 Å². The summed E-state index contributed by atoms with van der Waals surface area (Å²) in [5.74, 6) is 1.14. The molecule has 0 bridgehead atoms. The lowest BCUT2D eigenvalue weighted by Crippen LogP contribution is -1.95. The molecule has 0 amide bonds. The topological polar surface area (TPSA) is 59.0 Å². The Hall–Kier alpha value is -1.99. The molecule has 0 aliphatic heterocycles. The molecule has 17 heavy (non-hydrogen) atoms. The minimum Gasteiger partial charge on any atom is -0.454 e. The van der Waals surface area contributed by atoms with Crippen molar-refractivity contribution in [2.45, 2.75) is 0 Å². The van der Waals surface area contributed by atoms with Gasteiger partial charge >= 0.3 is 0 Å². The zero-order valence-electron chi connectivity index (χ0n) is 8.85. The number of nitriles is 1. The van der Waals surface area contributed by atoms with Crippen molar-refractivity contribution in [3.05, 3.63) is 52.5 Å². The minimum absolute atomic E-state index is 0.353. The van der Waals surface area contributed by atoms with E-state index in [0.717, 1.165) is 4.47 Å². The average Bonchev–Trinajstić information content (AvgIpc) is 2.34. The summed E-state index contributed by atoms with van der Waals surface area (Å²) in [5.41, 5.74) is 6.59. The van der Waals surface area contributed by atoms with Crippen molar-refractivity contribution in [1.82, 2.24) is 0 Å². The normalized spacial score (nSPS) is 9.65. The highest BCUT2D eigenvalue weighted by atomic mass is 79.9. The van der Waals surface area contributed by atoms with Gasteiger partial charge in [-0.3, -0.25) is 0 Å². The van der Waals surface area contributed by atoms with E-state index in [1.54, 1.807) is 18.2 Å². The molecular weight excluding hydrogens is 280 g/mol. The van der Waals surface area contributed by atoms with Crippen LogP contribution in [-0.2, 0) is 0 Å². The van der Waals surface area contributed by atoms with E-state index in [1.165, 1.54) is 0 Å². The Morgan fingerprint density at radius 2 is 1.76 bits per heavy atom. The van der Waals surface area contributed by atoms with Crippen LogP contribution >= 0.6 is 15.9 Å². The van der Waals surface area contributed by atoms with Gasteiger partial charge < -0.3 is 10.5 Å². The fourth-order valence-corrected chi connectivity index (χ4v) is 1.74. The molecule has 3 nitrogen and oxygen atoms in total. The van der Waals surface area contributed by atoms with Crippen LogP contribution in [0.5, 0.6) is 11.5 Å². The van der Waals surface area contributed by atoms with E-state index in [9.17, 15) is 0 Å². The molecule has 0 unspecified atom stereocenters. The highest BCUT2D eigenvalue weighted by Gasteiger charge is 2.08. The summed E-state index contributed by atoms with van der Waals surface area (Å²) in [7, 11) is 0. The second-order valence-electron chi connectivity index (χ2n) is 3.36. The van der Waals surface area contributed by atoms with E-state index in [-0.39, 0.29) is 0 Å². The standard InChI is InChI=1S/C13H9BrN2O/c14-10-5-1-2-6-11(10)17-12-7-3-4-9(8-15)13(12)16/h1-7H,16H2. The Bertz CT molecular complexity index is 590. The van der Waals surface area contributed by atoms with Gasteiger partial charge in [0.1, 0.15) is 11.8 Å². The second kappa shape index (κ2) is 4.89. The van der Waals surface area contributed by atoms with Crippen LogP contribution in [0.1, 0.15) is 5.56 Å². The van der Waals surface area contributed by atoms with Gasteiger partial charge in [0.15, 0.2) is 5.75 Å². The fraction of sp³-hybridized carbons (Fsp3) is 0. The molecule has 0 atom stereocenters. The van der Waals surface area contributed by atoms with Crippen molar-refractivity contribution in [3.8, 4) is 17.6 Å². The third-order valence-corrected chi connectivity index (χ3v) is 2.90. The first kappa shape index (κ1) is 11.5. The first-order valence-electron chi connectivity index (χ1n) is 4.93. The molecule has 0 aliphatic rings. The molecule has 0 fully saturated rings. The first-order chi connectivity index (χ1) is 8.22. The maximum atomic E-state index is 8.87. The predicted molar refractivity (Wildman–Crippen MR) is 69.8 cm³/mol. The van der Waals surface area contributed by atoms with Crippen molar-refractivity contribution < 1.29 is 4.74 Å². The molecule has 0 aromatic heterocycles. The molecule has 0 heterocycles. The van der Waals surface area contributed by atoms with E-state index in [2.05, 4.69) is 15.9 Å². The second-order valence-corrected chi connectivity index (χ2v) is 4.22. The van der Waals surface area contributed by atoms with Crippen LogP contribution in [0.3, 0.4) is 0 Å². The third kappa shape index (κ3) is 2.40. The van der Waals surface area contributed by atoms with E-state index < -0.39 is 0 Å². The number of hydrogen-bond donors (Lipinski definition) is 1. The SMILES string of the molecule is N#Cc1cccc(Oc2ccccc2Br)c1N.